The van der Waals surface area contributed by atoms with E-state index in [1.54, 1.807) is 0 Å². The number of nitrogens with zero attached hydrogens (tertiary/aromatic N) is 5. The average molecular weight is 584 g/mol. The van der Waals surface area contributed by atoms with E-state index in [0.29, 0.717) is 12.6 Å². The molecule has 4 saturated heterocycles. The molecular formula is C34H38ClN5O2. The van der Waals surface area contributed by atoms with Gasteiger partial charge in [-0.3, -0.25) is 9.69 Å². The number of anilines is 1. The maximum absolute atomic E-state index is 12.5. The molecule has 0 saturated carbocycles. The normalized spacial score (nSPS) is 24.3. The van der Waals surface area contributed by atoms with E-state index < -0.39 is 0 Å². The smallest absolute Gasteiger partial charge is 0.319 e. The molecule has 218 valence electrons. The molecule has 4 fully saturated rings. The quantitative estimate of drug-likeness (QED) is 0.341. The van der Waals surface area contributed by atoms with Gasteiger partial charge in [-0.1, -0.05) is 36.4 Å². The van der Waals surface area contributed by atoms with Crippen LogP contribution in [0.25, 0.3) is 22.0 Å². The van der Waals surface area contributed by atoms with E-state index in [0.717, 1.165) is 72.7 Å². The number of ether oxygens (including phenoxy) is 1. The molecule has 7 nitrogen and oxygen atoms in total. The van der Waals surface area contributed by atoms with Crippen molar-refractivity contribution in [3.63, 3.8) is 0 Å². The molecule has 8 rings (SSSR count). The number of hydrogen-bond acceptors (Lipinski definition) is 6. The number of carbonyl (C=O) groups excluding carboxylic acids is 1. The van der Waals surface area contributed by atoms with Crippen LogP contribution in [0.2, 0.25) is 5.02 Å². The minimum absolute atomic E-state index is 0.00883. The van der Waals surface area contributed by atoms with Gasteiger partial charge in [-0.15, -0.1) is 0 Å². The summed E-state index contributed by atoms with van der Waals surface area (Å²) in [6, 6.07) is 11.7. The lowest BCUT2D eigenvalue weighted by molar-refractivity contribution is -0.127. The van der Waals surface area contributed by atoms with Gasteiger partial charge in [0.2, 0.25) is 5.91 Å². The van der Waals surface area contributed by atoms with Crippen LogP contribution in [0, 0.1) is 0 Å². The Kier molecular flexibility index (Phi) is 6.45. The Morgan fingerprint density at radius 1 is 1.05 bits per heavy atom. The Morgan fingerprint density at radius 3 is 2.71 bits per heavy atom. The molecule has 4 aliphatic heterocycles. The summed E-state index contributed by atoms with van der Waals surface area (Å²) in [5, 5.41) is 1.66. The zero-order valence-corrected chi connectivity index (χ0v) is 24.9. The monoisotopic (exact) mass is 583 g/mol. The highest BCUT2D eigenvalue weighted by molar-refractivity contribution is 6.34. The Labute approximate surface area is 252 Å². The number of rotatable bonds is 6. The average Bonchev–Trinajstić information content (AvgIpc) is 3.68. The number of benzene rings is 2. The second-order valence-electron chi connectivity index (χ2n) is 12.8. The molecule has 0 bridgehead atoms. The Hall–Kier alpha value is -3.16. The summed E-state index contributed by atoms with van der Waals surface area (Å²) in [5.41, 5.74) is 6.07. The Bertz CT molecular complexity index is 1580. The lowest BCUT2D eigenvalue weighted by Crippen LogP contribution is -2.63. The molecule has 2 atom stereocenters. The van der Waals surface area contributed by atoms with Crippen molar-refractivity contribution in [2.45, 2.75) is 75.4 Å². The SMILES string of the molecule is C=CC(=O)N1CCC2[C@H]1CN2c1nc(OCC23CCCN2CCC3)nc2cc(-c3cccc4c3CCCC4)c(Cl)cc12. The molecule has 1 amide bonds. The summed E-state index contributed by atoms with van der Waals surface area (Å²) in [7, 11) is 0. The largest absolute Gasteiger partial charge is 0.461 e. The van der Waals surface area contributed by atoms with E-state index in [-0.39, 0.29) is 23.5 Å². The van der Waals surface area contributed by atoms with E-state index in [1.807, 2.05) is 4.90 Å². The van der Waals surface area contributed by atoms with Crippen molar-refractivity contribution in [3.05, 3.63) is 59.1 Å². The Balaban J connectivity index is 1.19. The predicted octanol–water partition coefficient (Wildman–Crippen LogP) is 5.81. The molecule has 2 aromatic carbocycles. The van der Waals surface area contributed by atoms with Crippen molar-refractivity contribution in [2.24, 2.45) is 0 Å². The number of fused-ring (bicyclic) bond motifs is 4. The summed E-state index contributed by atoms with van der Waals surface area (Å²) < 4.78 is 6.52. The maximum atomic E-state index is 12.5. The van der Waals surface area contributed by atoms with Gasteiger partial charge in [-0.25, -0.2) is 0 Å². The molecule has 5 heterocycles. The van der Waals surface area contributed by atoms with E-state index in [4.69, 9.17) is 26.3 Å². The van der Waals surface area contributed by atoms with Crippen LogP contribution in [0.3, 0.4) is 0 Å². The zero-order chi connectivity index (χ0) is 28.4. The highest BCUT2D eigenvalue weighted by Gasteiger charge is 2.49. The molecule has 0 radical (unpaired) electrons. The number of carbonyl (C=O) groups is 1. The number of hydrogen-bond donors (Lipinski definition) is 0. The first-order chi connectivity index (χ1) is 20.5. The second-order valence-corrected chi connectivity index (χ2v) is 13.3. The lowest BCUT2D eigenvalue weighted by Gasteiger charge is -2.47. The van der Waals surface area contributed by atoms with Gasteiger partial charge >= 0.3 is 6.01 Å². The third-order valence-electron chi connectivity index (χ3n) is 10.7. The van der Waals surface area contributed by atoms with Crippen LogP contribution >= 0.6 is 11.6 Å². The lowest BCUT2D eigenvalue weighted by atomic mass is 9.85. The molecule has 42 heavy (non-hydrogen) atoms. The van der Waals surface area contributed by atoms with Crippen molar-refractivity contribution >= 4 is 34.2 Å². The van der Waals surface area contributed by atoms with E-state index in [2.05, 4.69) is 46.7 Å². The summed E-state index contributed by atoms with van der Waals surface area (Å²) >= 11 is 7.09. The molecule has 1 unspecified atom stereocenters. The first-order valence-corrected chi connectivity index (χ1v) is 16.1. The molecule has 1 aliphatic carbocycles. The van der Waals surface area contributed by atoms with Crippen LogP contribution in [0.5, 0.6) is 6.01 Å². The molecule has 8 heteroatoms. The van der Waals surface area contributed by atoms with Gasteiger partial charge in [-0.2, -0.15) is 9.97 Å². The van der Waals surface area contributed by atoms with Crippen molar-refractivity contribution in [1.82, 2.24) is 19.8 Å². The van der Waals surface area contributed by atoms with Crippen LogP contribution < -0.4 is 9.64 Å². The number of aryl methyl sites for hydroxylation is 1. The summed E-state index contributed by atoms with van der Waals surface area (Å²) in [4.78, 5) is 29.4. The van der Waals surface area contributed by atoms with E-state index in [9.17, 15) is 4.79 Å². The minimum Gasteiger partial charge on any atom is -0.461 e. The van der Waals surface area contributed by atoms with Crippen LogP contribution in [0.4, 0.5) is 5.82 Å². The molecule has 3 aromatic rings. The number of aromatic nitrogens is 2. The standard InChI is InChI=1S/C34H38ClN5O2/c1-2-31(41)39-17-12-29-30(39)20-40(29)32-26-18-27(35)25(24-11-5-9-22-8-3-4-10-23(22)24)19-28(26)36-33(37-32)42-21-34-13-6-15-38(34)16-7-14-34/h2,5,9,11,18-19,29-30H,1,3-4,6-8,10,12-17,20-21H2/t29?,30-/m1/s1. The van der Waals surface area contributed by atoms with Crippen LogP contribution in [0.1, 0.15) is 56.1 Å². The van der Waals surface area contributed by atoms with Crippen LogP contribution in [-0.4, -0.2) is 76.1 Å². The number of halogens is 1. The zero-order valence-electron chi connectivity index (χ0n) is 24.2. The predicted molar refractivity (Wildman–Crippen MR) is 166 cm³/mol. The van der Waals surface area contributed by atoms with Crippen molar-refractivity contribution in [3.8, 4) is 17.1 Å². The summed E-state index contributed by atoms with van der Waals surface area (Å²) in [6.07, 6.45) is 11.8. The first kappa shape index (κ1) is 26.5. The highest BCUT2D eigenvalue weighted by atomic mass is 35.5. The minimum atomic E-state index is 0.00883. The van der Waals surface area contributed by atoms with Gasteiger partial charge in [0.15, 0.2) is 0 Å². The fourth-order valence-corrected chi connectivity index (χ4v) is 8.82. The molecular weight excluding hydrogens is 546 g/mol. The van der Waals surface area contributed by atoms with Crippen LogP contribution in [-0.2, 0) is 17.6 Å². The van der Waals surface area contributed by atoms with Gasteiger partial charge in [0.1, 0.15) is 12.4 Å². The van der Waals surface area contributed by atoms with E-state index >= 15 is 0 Å². The van der Waals surface area contributed by atoms with E-state index in [1.165, 1.54) is 61.3 Å². The number of amides is 1. The van der Waals surface area contributed by atoms with Gasteiger partial charge in [-0.05, 0) is 106 Å². The maximum Gasteiger partial charge on any atom is 0.319 e. The fourth-order valence-electron chi connectivity index (χ4n) is 8.55. The van der Waals surface area contributed by atoms with Crippen molar-refractivity contribution in [2.75, 3.05) is 37.7 Å². The Morgan fingerprint density at radius 2 is 1.88 bits per heavy atom. The van der Waals surface area contributed by atoms with Gasteiger partial charge in [0.25, 0.3) is 0 Å². The van der Waals surface area contributed by atoms with Crippen molar-refractivity contribution < 1.29 is 9.53 Å². The third kappa shape index (κ3) is 4.15. The molecule has 1 aromatic heterocycles. The first-order valence-electron chi connectivity index (χ1n) is 15.7. The van der Waals surface area contributed by atoms with Crippen molar-refractivity contribution in [1.29, 1.82) is 0 Å². The van der Waals surface area contributed by atoms with Gasteiger partial charge < -0.3 is 14.5 Å². The summed E-state index contributed by atoms with van der Waals surface area (Å²) in [6.45, 7) is 8.12. The highest BCUT2D eigenvalue weighted by Crippen LogP contribution is 2.44. The van der Waals surface area contributed by atoms with Crippen LogP contribution in [0.15, 0.2) is 43.0 Å². The fraction of sp³-hybridized carbons (Fsp3) is 0.500. The van der Waals surface area contributed by atoms with Gasteiger partial charge in [0.05, 0.1) is 23.1 Å². The second kappa shape index (κ2) is 10.2. The molecule has 0 N–H and O–H groups in total. The third-order valence-corrected chi connectivity index (χ3v) is 11.0. The summed E-state index contributed by atoms with van der Waals surface area (Å²) in [5.74, 6) is 0.870. The molecule has 5 aliphatic rings. The number of likely N-dealkylation sites (tertiary alicyclic amines) is 1. The molecule has 0 spiro atoms. The van der Waals surface area contributed by atoms with Gasteiger partial charge in [0, 0.05) is 29.1 Å². The topological polar surface area (TPSA) is 61.8 Å².